The van der Waals surface area contributed by atoms with Crippen LogP contribution in [0.25, 0.3) is 0 Å². The molecule has 0 saturated heterocycles. The van der Waals surface area contributed by atoms with E-state index in [0.717, 1.165) is 36.8 Å². The minimum Gasteiger partial charge on any atom is -0.489 e. The van der Waals surface area contributed by atoms with E-state index in [9.17, 15) is 10.1 Å². The maximum atomic E-state index is 12.6. The number of rotatable bonds is 5. The van der Waals surface area contributed by atoms with Gasteiger partial charge in [-0.15, -0.1) is 11.3 Å². The van der Waals surface area contributed by atoms with Crippen LogP contribution in [-0.2, 0) is 19.4 Å². The van der Waals surface area contributed by atoms with E-state index >= 15 is 0 Å². The summed E-state index contributed by atoms with van der Waals surface area (Å²) in [6.45, 7) is 0.485. The first kappa shape index (κ1) is 18.3. The summed E-state index contributed by atoms with van der Waals surface area (Å²) in [6.07, 6.45) is 4.18. The van der Waals surface area contributed by atoms with Gasteiger partial charge in [-0.05, 0) is 61.1 Å². The fourth-order valence-electron chi connectivity index (χ4n) is 3.39. The lowest BCUT2D eigenvalue weighted by Crippen LogP contribution is -2.11. The predicted molar refractivity (Wildman–Crippen MR) is 111 cm³/mol. The second-order valence-electron chi connectivity index (χ2n) is 6.78. The molecule has 4 nitrogen and oxygen atoms in total. The summed E-state index contributed by atoms with van der Waals surface area (Å²) in [5.41, 5.74) is 3.40. The molecule has 1 heterocycles. The van der Waals surface area contributed by atoms with Gasteiger partial charge >= 0.3 is 0 Å². The van der Waals surface area contributed by atoms with E-state index in [4.69, 9.17) is 4.74 Å². The normalized spacial score (nSPS) is 12.7. The maximum absolute atomic E-state index is 12.6. The third-order valence-corrected chi connectivity index (χ3v) is 6.08. The molecule has 1 amide bonds. The predicted octanol–water partition coefficient (Wildman–Crippen LogP) is 5.33. The smallest absolute Gasteiger partial charge is 0.256 e. The lowest BCUT2D eigenvalue weighted by Gasteiger charge is -2.09. The molecule has 1 aromatic heterocycles. The largest absolute Gasteiger partial charge is 0.489 e. The van der Waals surface area contributed by atoms with Crippen LogP contribution in [0.1, 0.15) is 44.8 Å². The topological polar surface area (TPSA) is 62.1 Å². The van der Waals surface area contributed by atoms with Crippen molar-refractivity contribution in [1.82, 2.24) is 0 Å². The quantitative estimate of drug-likeness (QED) is 0.642. The summed E-state index contributed by atoms with van der Waals surface area (Å²) >= 11 is 1.54. The number of benzene rings is 2. The fourth-order valence-corrected chi connectivity index (χ4v) is 4.63. The number of hydrogen-bond acceptors (Lipinski definition) is 4. The van der Waals surface area contributed by atoms with Crippen LogP contribution in [0.2, 0.25) is 0 Å². The highest BCUT2D eigenvalue weighted by atomic mass is 32.1. The van der Waals surface area contributed by atoms with E-state index < -0.39 is 0 Å². The van der Waals surface area contributed by atoms with Crippen LogP contribution in [-0.4, -0.2) is 5.91 Å². The van der Waals surface area contributed by atoms with Gasteiger partial charge < -0.3 is 10.1 Å². The molecule has 0 unspecified atom stereocenters. The summed E-state index contributed by atoms with van der Waals surface area (Å²) in [5, 5.41) is 13.1. The van der Waals surface area contributed by atoms with E-state index in [1.807, 2.05) is 30.3 Å². The zero-order valence-electron chi connectivity index (χ0n) is 15.4. The Morgan fingerprint density at radius 2 is 1.82 bits per heavy atom. The van der Waals surface area contributed by atoms with Crippen molar-refractivity contribution >= 4 is 22.2 Å². The van der Waals surface area contributed by atoms with Gasteiger partial charge in [0.15, 0.2) is 0 Å². The van der Waals surface area contributed by atoms with Gasteiger partial charge in [0.05, 0.1) is 5.56 Å². The highest BCUT2D eigenvalue weighted by molar-refractivity contribution is 7.16. The Morgan fingerprint density at radius 3 is 2.57 bits per heavy atom. The molecule has 5 heteroatoms. The zero-order chi connectivity index (χ0) is 19.3. The molecule has 1 N–H and O–H groups in total. The van der Waals surface area contributed by atoms with Crippen molar-refractivity contribution in [2.45, 2.75) is 32.3 Å². The van der Waals surface area contributed by atoms with Crippen molar-refractivity contribution in [2.75, 3.05) is 5.32 Å². The second kappa shape index (κ2) is 8.28. The Morgan fingerprint density at radius 1 is 1.07 bits per heavy atom. The van der Waals surface area contributed by atoms with Crippen molar-refractivity contribution in [3.8, 4) is 11.8 Å². The number of nitrogens with zero attached hydrogens (tertiary/aromatic N) is 1. The Hall–Kier alpha value is -3.10. The molecule has 28 heavy (non-hydrogen) atoms. The number of ether oxygens (including phenoxy) is 1. The average molecular weight is 388 g/mol. The van der Waals surface area contributed by atoms with Crippen LogP contribution in [0, 0.1) is 11.3 Å². The first-order chi connectivity index (χ1) is 13.7. The summed E-state index contributed by atoms with van der Waals surface area (Å²) in [5.74, 6) is 0.509. The fraction of sp³-hybridized carbons (Fsp3) is 0.217. The molecular formula is C23H20N2O2S. The summed E-state index contributed by atoms with van der Waals surface area (Å²) in [7, 11) is 0. The maximum Gasteiger partial charge on any atom is 0.256 e. The second-order valence-corrected chi connectivity index (χ2v) is 7.88. The molecule has 0 spiro atoms. The number of hydrogen-bond donors (Lipinski definition) is 1. The van der Waals surface area contributed by atoms with Gasteiger partial charge in [-0.3, -0.25) is 4.79 Å². The van der Waals surface area contributed by atoms with E-state index in [1.54, 1.807) is 24.3 Å². The van der Waals surface area contributed by atoms with Crippen LogP contribution in [0.3, 0.4) is 0 Å². The monoisotopic (exact) mass is 388 g/mol. The van der Waals surface area contributed by atoms with Crippen molar-refractivity contribution in [3.05, 3.63) is 81.7 Å². The highest BCUT2D eigenvalue weighted by Crippen LogP contribution is 2.37. The molecule has 4 rings (SSSR count). The van der Waals surface area contributed by atoms with Gasteiger partial charge in [0.25, 0.3) is 5.91 Å². The third-order valence-electron chi connectivity index (χ3n) is 4.88. The van der Waals surface area contributed by atoms with E-state index in [1.165, 1.54) is 16.2 Å². The molecule has 0 bridgehead atoms. The standard InChI is InChI=1S/C23H20N2O2S/c24-14-20-19-8-4-5-9-21(19)28-23(20)25-22(26)17-10-12-18(13-11-17)27-15-16-6-2-1-3-7-16/h1-3,6-7,10-13H,4-5,8-9,15H2,(H,25,26). The molecule has 2 aromatic carbocycles. The van der Waals surface area contributed by atoms with E-state index in [0.29, 0.717) is 28.5 Å². The van der Waals surface area contributed by atoms with E-state index in [2.05, 4.69) is 11.4 Å². The first-order valence-electron chi connectivity index (χ1n) is 9.37. The molecule has 1 aliphatic carbocycles. The van der Waals surface area contributed by atoms with Gasteiger partial charge in [0, 0.05) is 10.4 Å². The third kappa shape index (κ3) is 3.92. The molecule has 0 atom stereocenters. The summed E-state index contributed by atoms with van der Waals surface area (Å²) in [4.78, 5) is 13.9. The van der Waals surface area contributed by atoms with Gasteiger partial charge in [-0.2, -0.15) is 5.26 Å². The average Bonchev–Trinajstić information content (AvgIpc) is 3.10. The Kier molecular flexibility index (Phi) is 5.41. The van der Waals surface area contributed by atoms with Gasteiger partial charge in [0.2, 0.25) is 0 Å². The number of fused-ring (bicyclic) bond motifs is 1. The SMILES string of the molecule is N#Cc1c(NC(=O)c2ccc(OCc3ccccc3)cc2)sc2c1CCCC2. The molecule has 0 radical (unpaired) electrons. The Bertz CT molecular complexity index is 1020. The number of thiophene rings is 1. The van der Waals surface area contributed by atoms with Crippen LogP contribution >= 0.6 is 11.3 Å². The Balaban J connectivity index is 1.43. The van der Waals surface area contributed by atoms with Crippen molar-refractivity contribution in [3.63, 3.8) is 0 Å². The number of nitriles is 1. The van der Waals surface area contributed by atoms with Gasteiger partial charge in [-0.1, -0.05) is 30.3 Å². The molecule has 0 fully saturated rings. The number of amides is 1. The lowest BCUT2D eigenvalue weighted by atomic mass is 9.96. The van der Waals surface area contributed by atoms with Crippen LogP contribution < -0.4 is 10.1 Å². The summed E-state index contributed by atoms with van der Waals surface area (Å²) in [6, 6.07) is 19.3. The number of carbonyl (C=O) groups is 1. The number of anilines is 1. The lowest BCUT2D eigenvalue weighted by molar-refractivity contribution is 0.102. The Labute approximate surface area is 168 Å². The van der Waals surface area contributed by atoms with Crippen molar-refractivity contribution in [1.29, 1.82) is 5.26 Å². The number of nitrogens with one attached hydrogen (secondary N) is 1. The molecule has 3 aromatic rings. The van der Waals surface area contributed by atoms with Crippen molar-refractivity contribution in [2.24, 2.45) is 0 Å². The van der Waals surface area contributed by atoms with Crippen LogP contribution in [0.15, 0.2) is 54.6 Å². The molecule has 140 valence electrons. The first-order valence-corrected chi connectivity index (χ1v) is 10.2. The highest BCUT2D eigenvalue weighted by Gasteiger charge is 2.22. The van der Waals surface area contributed by atoms with Gasteiger partial charge in [0.1, 0.15) is 23.4 Å². The zero-order valence-corrected chi connectivity index (χ0v) is 16.2. The summed E-state index contributed by atoms with van der Waals surface area (Å²) < 4.78 is 5.76. The van der Waals surface area contributed by atoms with Crippen molar-refractivity contribution < 1.29 is 9.53 Å². The van der Waals surface area contributed by atoms with Crippen LogP contribution in [0.4, 0.5) is 5.00 Å². The molecule has 1 aliphatic rings. The molecular weight excluding hydrogens is 368 g/mol. The van der Waals surface area contributed by atoms with E-state index in [-0.39, 0.29) is 5.91 Å². The number of carbonyl (C=O) groups excluding carboxylic acids is 1. The molecule has 0 aliphatic heterocycles. The van der Waals surface area contributed by atoms with Gasteiger partial charge in [-0.25, -0.2) is 0 Å². The molecule has 0 saturated carbocycles. The number of aryl methyl sites for hydroxylation is 1. The minimum absolute atomic E-state index is 0.204. The minimum atomic E-state index is -0.204. The van der Waals surface area contributed by atoms with Crippen LogP contribution in [0.5, 0.6) is 5.75 Å².